The first-order valence-corrected chi connectivity index (χ1v) is 6.46. The topological polar surface area (TPSA) is 32.5 Å². The van der Waals surface area contributed by atoms with E-state index in [0.29, 0.717) is 5.69 Å². The summed E-state index contributed by atoms with van der Waals surface area (Å²) in [6.07, 6.45) is 0. The van der Waals surface area contributed by atoms with Gasteiger partial charge in [0.15, 0.2) is 0 Å². The molecule has 19 heavy (non-hydrogen) atoms. The summed E-state index contributed by atoms with van der Waals surface area (Å²) in [5.41, 5.74) is 6.57. The number of piperazine rings is 1. The predicted octanol–water partition coefficient (Wildman–Crippen LogP) is 2.11. The predicted molar refractivity (Wildman–Crippen MR) is 80.6 cm³/mol. The summed E-state index contributed by atoms with van der Waals surface area (Å²) < 4.78 is 13.7. The molecule has 2 N–H and O–H groups in total. The molecule has 1 aromatic carbocycles. The van der Waals surface area contributed by atoms with E-state index in [1.165, 1.54) is 6.07 Å². The lowest BCUT2D eigenvalue weighted by Gasteiger charge is -2.38. The maximum Gasteiger partial charge on any atom is 0.146 e. The normalized spacial score (nSPS) is 17.2. The van der Waals surface area contributed by atoms with Crippen molar-refractivity contribution in [1.29, 1.82) is 0 Å². The molecule has 1 saturated heterocycles. The molecule has 0 radical (unpaired) electrons. The van der Waals surface area contributed by atoms with E-state index in [-0.39, 0.29) is 23.8 Å². The minimum Gasteiger partial charge on any atom is -0.367 e. The molecule has 2 rings (SSSR count). The van der Waals surface area contributed by atoms with E-state index in [4.69, 9.17) is 5.73 Å². The largest absolute Gasteiger partial charge is 0.367 e. The molecule has 0 amide bonds. The van der Waals surface area contributed by atoms with Crippen molar-refractivity contribution in [2.75, 3.05) is 37.6 Å². The highest BCUT2D eigenvalue weighted by molar-refractivity contribution is 5.85. The fourth-order valence-corrected chi connectivity index (χ4v) is 2.43. The van der Waals surface area contributed by atoms with Gasteiger partial charge in [0.25, 0.3) is 0 Å². The van der Waals surface area contributed by atoms with Crippen LogP contribution in [0.1, 0.15) is 13.8 Å². The zero-order chi connectivity index (χ0) is 13.2. The third kappa shape index (κ3) is 4.64. The van der Waals surface area contributed by atoms with Crippen LogP contribution in [0.4, 0.5) is 10.1 Å². The minimum atomic E-state index is -0.167. The zero-order valence-corrected chi connectivity index (χ0v) is 12.4. The van der Waals surface area contributed by atoms with Gasteiger partial charge in [-0.1, -0.05) is 12.1 Å². The Morgan fingerprint density at radius 3 is 2.26 bits per heavy atom. The van der Waals surface area contributed by atoms with Gasteiger partial charge < -0.3 is 10.6 Å². The first kappa shape index (κ1) is 16.2. The van der Waals surface area contributed by atoms with Crippen LogP contribution < -0.4 is 10.6 Å². The van der Waals surface area contributed by atoms with E-state index >= 15 is 0 Å². The molecule has 0 unspecified atom stereocenters. The Labute approximate surface area is 121 Å². The first-order chi connectivity index (χ1) is 8.46. The van der Waals surface area contributed by atoms with Gasteiger partial charge in [-0.3, -0.25) is 4.90 Å². The van der Waals surface area contributed by atoms with Crippen LogP contribution in [0, 0.1) is 5.82 Å². The van der Waals surface area contributed by atoms with E-state index in [0.717, 1.165) is 32.7 Å². The number of hydrogen-bond donors (Lipinski definition) is 1. The van der Waals surface area contributed by atoms with E-state index in [1.807, 2.05) is 26.0 Å². The molecular formula is C14H23ClFN3. The van der Waals surface area contributed by atoms with Crippen LogP contribution in [0.3, 0.4) is 0 Å². The Bertz CT molecular complexity index is 398. The maximum absolute atomic E-state index is 13.7. The average Bonchev–Trinajstić information content (AvgIpc) is 2.29. The summed E-state index contributed by atoms with van der Waals surface area (Å²) >= 11 is 0. The highest BCUT2D eigenvalue weighted by atomic mass is 35.5. The molecule has 1 aromatic rings. The van der Waals surface area contributed by atoms with Crippen molar-refractivity contribution in [3.8, 4) is 0 Å². The molecule has 0 bridgehead atoms. The quantitative estimate of drug-likeness (QED) is 0.924. The summed E-state index contributed by atoms with van der Waals surface area (Å²) in [5.74, 6) is -0.134. The van der Waals surface area contributed by atoms with Crippen molar-refractivity contribution in [3.05, 3.63) is 30.1 Å². The number of para-hydroxylation sites is 1. The molecule has 1 aliphatic rings. The van der Waals surface area contributed by atoms with Gasteiger partial charge >= 0.3 is 0 Å². The Morgan fingerprint density at radius 2 is 1.74 bits per heavy atom. The SMILES string of the molecule is CC(C)(N)CN1CCN(c2ccccc2F)CC1.Cl. The molecule has 1 aliphatic heterocycles. The second kappa shape index (κ2) is 6.55. The number of nitrogens with zero attached hydrogens (tertiary/aromatic N) is 2. The second-order valence-electron chi connectivity index (χ2n) is 5.70. The number of anilines is 1. The van der Waals surface area contributed by atoms with E-state index in [9.17, 15) is 4.39 Å². The Balaban J connectivity index is 0.00000180. The van der Waals surface area contributed by atoms with Gasteiger partial charge in [0.05, 0.1) is 5.69 Å². The summed E-state index contributed by atoms with van der Waals surface area (Å²) in [4.78, 5) is 4.45. The maximum atomic E-state index is 13.7. The van der Waals surface area contributed by atoms with Gasteiger partial charge in [-0.25, -0.2) is 4.39 Å². The molecule has 0 atom stereocenters. The molecule has 0 saturated carbocycles. The molecule has 1 heterocycles. The smallest absolute Gasteiger partial charge is 0.146 e. The zero-order valence-electron chi connectivity index (χ0n) is 11.6. The lowest BCUT2D eigenvalue weighted by Crippen LogP contribution is -2.53. The lowest BCUT2D eigenvalue weighted by molar-refractivity contribution is 0.214. The number of rotatable bonds is 3. The fraction of sp³-hybridized carbons (Fsp3) is 0.571. The number of benzene rings is 1. The van der Waals surface area contributed by atoms with Crippen LogP contribution in [0.25, 0.3) is 0 Å². The van der Waals surface area contributed by atoms with Crippen LogP contribution in [-0.2, 0) is 0 Å². The van der Waals surface area contributed by atoms with Crippen molar-refractivity contribution in [1.82, 2.24) is 4.90 Å². The van der Waals surface area contributed by atoms with Gasteiger partial charge in [0.2, 0.25) is 0 Å². The summed E-state index contributed by atoms with van der Waals surface area (Å²) in [7, 11) is 0. The van der Waals surface area contributed by atoms with E-state index < -0.39 is 0 Å². The minimum absolute atomic E-state index is 0. The van der Waals surface area contributed by atoms with E-state index in [2.05, 4.69) is 9.80 Å². The molecule has 3 nitrogen and oxygen atoms in total. The molecule has 0 aromatic heterocycles. The molecule has 108 valence electrons. The fourth-order valence-electron chi connectivity index (χ4n) is 2.43. The van der Waals surface area contributed by atoms with Crippen molar-refractivity contribution in [2.24, 2.45) is 5.73 Å². The van der Waals surface area contributed by atoms with Crippen molar-refractivity contribution < 1.29 is 4.39 Å². The third-order valence-electron chi connectivity index (χ3n) is 3.20. The highest BCUT2D eigenvalue weighted by Crippen LogP contribution is 2.20. The molecular weight excluding hydrogens is 265 g/mol. The van der Waals surface area contributed by atoms with Gasteiger partial charge in [0, 0.05) is 38.3 Å². The third-order valence-corrected chi connectivity index (χ3v) is 3.20. The van der Waals surface area contributed by atoms with Crippen molar-refractivity contribution >= 4 is 18.1 Å². The number of halogens is 2. The number of hydrogen-bond acceptors (Lipinski definition) is 3. The van der Waals surface area contributed by atoms with Crippen LogP contribution in [-0.4, -0.2) is 43.2 Å². The summed E-state index contributed by atoms with van der Waals surface area (Å²) in [5, 5.41) is 0. The Hall–Kier alpha value is -0.840. The van der Waals surface area contributed by atoms with Crippen LogP contribution in [0.2, 0.25) is 0 Å². The van der Waals surface area contributed by atoms with Gasteiger partial charge in [-0.05, 0) is 26.0 Å². The Kier molecular flexibility index (Phi) is 5.59. The first-order valence-electron chi connectivity index (χ1n) is 6.46. The Morgan fingerprint density at radius 1 is 1.16 bits per heavy atom. The summed E-state index contributed by atoms with van der Waals surface area (Å²) in [6.45, 7) is 8.56. The average molecular weight is 288 g/mol. The molecule has 5 heteroatoms. The molecule has 0 aliphatic carbocycles. The van der Waals surface area contributed by atoms with Crippen LogP contribution in [0.15, 0.2) is 24.3 Å². The van der Waals surface area contributed by atoms with Gasteiger partial charge in [-0.2, -0.15) is 0 Å². The monoisotopic (exact) mass is 287 g/mol. The molecule has 1 fully saturated rings. The second-order valence-corrected chi connectivity index (χ2v) is 5.70. The summed E-state index contributed by atoms with van der Waals surface area (Å²) in [6, 6.07) is 6.97. The standard InChI is InChI=1S/C14H22FN3.ClH/c1-14(2,16)11-17-7-9-18(10-8-17)13-6-4-3-5-12(13)15;/h3-6H,7-11,16H2,1-2H3;1H. The van der Waals surface area contributed by atoms with E-state index in [1.54, 1.807) is 6.07 Å². The van der Waals surface area contributed by atoms with Gasteiger partial charge in [-0.15, -0.1) is 12.4 Å². The van der Waals surface area contributed by atoms with Crippen molar-refractivity contribution in [2.45, 2.75) is 19.4 Å². The van der Waals surface area contributed by atoms with Crippen LogP contribution in [0.5, 0.6) is 0 Å². The van der Waals surface area contributed by atoms with Crippen molar-refractivity contribution in [3.63, 3.8) is 0 Å². The van der Waals surface area contributed by atoms with Crippen LogP contribution >= 0.6 is 12.4 Å². The number of nitrogens with two attached hydrogens (primary N) is 1. The lowest BCUT2D eigenvalue weighted by atomic mass is 10.1. The highest BCUT2D eigenvalue weighted by Gasteiger charge is 2.22. The molecule has 0 spiro atoms. The van der Waals surface area contributed by atoms with Gasteiger partial charge in [0.1, 0.15) is 5.82 Å².